The zero-order chi connectivity index (χ0) is 15.0. The molecule has 1 spiro atoms. The molecular formula is C17H22N2O2. The molecule has 4 nitrogen and oxygen atoms in total. The zero-order valence-corrected chi connectivity index (χ0v) is 12.7. The van der Waals surface area contributed by atoms with Crippen molar-refractivity contribution >= 4 is 11.9 Å². The first-order valence-electron chi connectivity index (χ1n) is 7.71. The van der Waals surface area contributed by atoms with Gasteiger partial charge in [0, 0.05) is 0 Å². The third kappa shape index (κ3) is 2.55. The van der Waals surface area contributed by atoms with E-state index in [-0.39, 0.29) is 11.9 Å². The van der Waals surface area contributed by atoms with Gasteiger partial charge in [0.05, 0.1) is 6.54 Å². The molecule has 0 radical (unpaired) electrons. The van der Waals surface area contributed by atoms with Gasteiger partial charge in [-0.15, -0.1) is 0 Å². The second kappa shape index (κ2) is 5.17. The van der Waals surface area contributed by atoms with Crippen LogP contribution in [0.25, 0.3) is 0 Å². The van der Waals surface area contributed by atoms with E-state index in [0.717, 1.165) is 48.8 Å². The molecule has 1 aromatic carbocycles. The standard InChI is InChI=1S/C17H22N2O2/c1-12-8-13(2)10-14(9-12)11-19-15(20)17(18-16(19)21)6-4-3-5-7-17/h8-10H,3-7,11H2,1-2H3,(H,18,21). The number of imide groups is 1. The number of carbonyl (C=O) groups is 2. The molecule has 21 heavy (non-hydrogen) atoms. The number of urea groups is 1. The summed E-state index contributed by atoms with van der Waals surface area (Å²) >= 11 is 0. The number of carbonyl (C=O) groups excluding carboxylic acids is 2. The van der Waals surface area contributed by atoms with Crippen LogP contribution in [0.3, 0.4) is 0 Å². The van der Waals surface area contributed by atoms with Crippen molar-refractivity contribution in [2.75, 3.05) is 0 Å². The van der Waals surface area contributed by atoms with Crippen LogP contribution < -0.4 is 5.32 Å². The molecule has 1 aliphatic heterocycles. The first kappa shape index (κ1) is 14.1. The van der Waals surface area contributed by atoms with Gasteiger partial charge in [0.25, 0.3) is 5.91 Å². The topological polar surface area (TPSA) is 49.4 Å². The zero-order valence-electron chi connectivity index (χ0n) is 12.7. The summed E-state index contributed by atoms with van der Waals surface area (Å²) in [5.74, 6) is -0.0358. The van der Waals surface area contributed by atoms with Crippen LogP contribution in [0.5, 0.6) is 0 Å². The molecular weight excluding hydrogens is 264 g/mol. The maximum atomic E-state index is 12.7. The largest absolute Gasteiger partial charge is 0.325 e. The molecule has 1 saturated carbocycles. The molecule has 3 amide bonds. The molecule has 0 atom stereocenters. The Kier molecular flexibility index (Phi) is 3.47. The van der Waals surface area contributed by atoms with Crippen molar-refractivity contribution < 1.29 is 9.59 Å². The Morgan fingerprint density at radius 3 is 2.29 bits per heavy atom. The number of hydrogen-bond acceptors (Lipinski definition) is 2. The van der Waals surface area contributed by atoms with E-state index in [9.17, 15) is 9.59 Å². The fourth-order valence-corrected chi connectivity index (χ4v) is 3.66. The minimum Gasteiger partial charge on any atom is -0.323 e. The molecule has 2 aliphatic rings. The minimum atomic E-state index is -0.617. The van der Waals surface area contributed by atoms with Crippen molar-refractivity contribution in [1.29, 1.82) is 0 Å². The maximum absolute atomic E-state index is 12.7. The summed E-state index contributed by atoms with van der Waals surface area (Å²) in [5.41, 5.74) is 2.71. The van der Waals surface area contributed by atoms with Crippen LogP contribution in [0.1, 0.15) is 48.8 Å². The number of aryl methyl sites for hydroxylation is 2. The Labute approximate surface area is 125 Å². The van der Waals surface area contributed by atoms with Gasteiger partial charge >= 0.3 is 6.03 Å². The van der Waals surface area contributed by atoms with Crippen molar-refractivity contribution in [2.24, 2.45) is 0 Å². The Hall–Kier alpha value is -1.84. The number of rotatable bonds is 2. The van der Waals surface area contributed by atoms with Crippen LogP contribution in [-0.4, -0.2) is 22.4 Å². The first-order chi connectivity index (χ1) is 10.00. The number of hydrogen-bond donors (Lipinski definition) is 1. The fourth-order valence-electron chi connectivity index (χ4n) is 3.66. The Balaban J connectivity index is 1.82. The Bertz CT molecular complexity index is 568. The quantitative estimate of drug-likeness (QED) is 0.849. The summed E-state index contributed by atoms with van der Waals surface area (Å²) < 4.78 is 0. The van der Waals surface area contributed by atoms with Crippen molar-refractivity contribution in [3.05, 3.63) is 34.9 Å². The average Bonchev–Trinajstić information content (AvgIpc) is 2.63. The van der Waals surface area contributed by atoms with Crippen LogP contribution in [0.4, 0.5) is 4.79 Å². The fraction of sp³-hybridized carbons (Fsp3) is 0.529. The van der Waals surface area contributed by atoms with Gasteiger partial charge in [0.15, 0.2) is 0 Å². The second-order valence-electron chi connectivity index (χ2n) is 6.46. The van der Waals surface area contributed by atoms with Crippen LogP contribution in [0, 0.1) is 13.8 Å². The smallest absolute Gasteiger partial charge is 0.323 e. The molecule has 0 bridgehead atoms. The van der Waals surface area contributed by atoms with E-state index in [1.807, 2.05) is 26.0 Å². The maximum Gasteiger partial charge on any atom is 0.325 e. The van der Waals surface area contributed by atoms with Crippen molar-refractivity contribution in [3.8, 4) is 0 Å². The second-order valence-corrected chi connectivity index (χ2v) is 6.46. The summed E-state index contributed by atoms with van der Waals surface area (Å²) in [7, 11) is 0. The van der Waals surface area contributed by atoms with Crippen molar-refractivity contribution in [3.63, 3.8) is 0 Å². The summed E-state index contributed by atoms with van der Waals surface area (Å²) in [6.07, 6.45) is 4.75. The Morgan fingerprint density at radius 2 is 1.67 bits per heavy atom. The molecule has 4 heteroatoms. The third-order valence-electron chi connectivity index (χ3n) is 4.58. The molecule has 1 aromatic rings. The van der Waals surface area contributed by atoms with Gasteiger partial charge in [-0.3, -0.25) is 9.69 Å². The van der Waals surface area contributed by atoms with Crippen LogP contribution in [0.2, 0.25) is 0 Å². The molecule has 1 N–H and O–H groups in total. The van der Waals surface area contributed by atoms with E-state index >= 15 is 0 Å². The molecule has 0 aromatic heterocycles. The van der Waals surface area contributed by atoms with E-state index in [4.69, 9.17) is 0 Å². The number of nitrogens with one attached hydrogen (secondary N) is 1. The van der Waals surface area contributed by atoms with E-state index in [1.54, 1.807) is 0 Å². The predicted molar refractivity (Wildman–Crippen MR) is 80.8 cm³/mol. The highest BCUT2D eigenvalue weighted by Crippen LogP contribution is 2.34. The van der Waals surface area contributed by atoms with Gasteiger partial charge in [0.2, 0.25) is 0 Å². The highest BCUT2D eigenvalue weighted by Gasteiger charge is 2.51. The van der Waals surface area contributed by atoms with Gasteiger partial charge in [-0.2, -0.15) is 0 Å². The molecule has 2 fully saturated rings. The van der Waals surface area contributed by atoms with E-state index in [1.165, 1.54) is 4.90 Å². The molecule has 1 aliphatic carbocycles. The summed E-state index contributed by atoms with van der Waals surface area (Å²) in [5, 5.41) is 2.96. The minimum absolute atomic E-state index is 0.0358. The molecule has 0 unspecified atom stereocenters. The summed E-state index contributed by atoms with van der Waals surface area (Å²) in [6.45, 7) is 4.44. The third-order valence-corrected chi connectivity index (χ3v) is 4.58. The Morgan fingerprint density at radius 1 is 1.05 bits per heavy atom. The lowest BCUT2D eigenvalue weighted by atomic mass is 9.82. The highest BCUT2D eigenvalue weighted by molar-refractivity contribution is 6.07. The van der Waals surface area contributed by atoms with E-state index < -0.39 is 5.54 Å². The van der Waals surface area contributed by atoms with Crippen LogP contribution in [0.15, 0.2) is 18.2 Å². The lowest BCUT2D eigenvalue weighted by Gasteiger charge is -2.30. The van der Waals surface area contributed by atoms with Crippen molar-refractivity contribution in [1.82, 2.24) is 10.2 Å². The van der Waals surface area contributed by atoms with Crippen molar-refractivity contribution in [2.45, 2.75) is 58.0 Å². The molecule has 1 saturated heterocycles. The lowest BCUT2D eigenvalue weighted by molar-refractivity contribution is -0.132. The van der Waals surface area contributed by atoms with Gasteiger partial charge in [-0.05, 0) is 32.3 Å². The predicted octanol–water partition coefficient (Wildman–Crippen LogP) is 3.06. The van der Waals surface area contributed by atoms with Crippen LogP contribution in [-0.2, 0) is 11.3 Å². The van der Waals surface area contributed by atoms with E-state index in [0.29, 0.717) is 6.54 Å². The number of nitrogens with zero attached hydrogens (tertiary/aromatic N) is 1. The van der Waals surface area contributed by atoms with Crippen LogP contribution >= 0.6 is 0 Å². The first-order valence-corrected chi connectivity index (χ1v) is 7.71. The summed E-state index contributed by atoms with van der Waals surface area (Å²) in [4.78, 5) is 26.3. The lowest BCUT2D eigenvalue weighted by Crippen LogP contribution is -2.48. The molecule has 112 valence electrons. The van der Waals surface area contributed by atoms with E-state index in [2.05, 4.69) is 11.4 Å². The average molecular weight is 286 g/mol. The SMILES string of the molecule is Cc1cc(C)cc(CN2C(=O)NC3(CCCCC3)C2=O)c1. The number of amides is 3. The molecule has 1 heterocycles. The number of benzene rings is 1. The van der Waals surface area contributed by atoms with Gasteiger partial charge in [0.1, 0.15) is 5.54 Å². The molecule has 3 rings (SSSR count). The highest BCUT2D eigenvalue weighted by atomic mass is 16.2. The monoisotopic (exact) mass is 286 g/mol. The van der Waals surface area contributed by atoms with Gasteiger partial charge < -0.3 is 5.32 Å². The summed E-state index contributed by atoms with van der Waals surface area (Å²) in [6, 6.07) is 5.94. The normalized spacial score (nSPS) is 21.0. The van der Waals surface area contributed by atoms with Gasteiger partial charge in [-0.25, -0.2) is 4.79 Å². The van der Waals surface area contributed by atoms with Gasteiger partial charge in [-0.1, -0.05) is 48.6 Å².